The van der Waals surface area contributed by atoms with Crippen LogP contribution in [0.3, 0.4) is 0 Å². The van der Waals surface area contributed by atoms with Gasteiger partial charge in [-0.2, -0.15) is 0 Å². The molecule has 1 aliphatic rings. The van der Waals surface area contributed by atoms with Gasteiger partial charge < -0.3 is 15.6 Å². The minimum Gasteiger partial charge on any atom is -0.389 e. The van der Waals surface area contributed by atoms with E-state index in [4.69, 9.17) is 10.5 Å². The number of aliphatic hydroxyl groups excluding tert-OH is 1. The van der Waals surface area contributed by atoms with Crippen LogP contribution in [0.5, 0.6) is 0 Å². The van der Waals surface area contributed by atoms with Crippen LogP contribution in [0.4, 0.5) is 0 Å². The maximum Gasteiger partial charge on any atom is 0.0926 e. The summed E-state index contributed by atoms with van der Waals surface area (Å²) in [6.07, 6.45) is 2.56. The van der Waals surface area contributed by atoms with Crippen molar-refractivity contribution in [2.45, 2.75) is 31.5 Å². The van der Waals surface area contributed by atoms with Gasteiger partial charge in [-0.3, -0.25) is 0 Å². The zero-order chi connectivity index (χ0) is 12.1. The summed E-state index contributed by atoms with van der Waals surface area (Å²) in [5.41, 5.74) is 6.84. The summed E-state index contributed by atoms with van der Waals surface area (Å²) < 4.78 is 5.58. The molecule has 3 atom stereocenters. The van der Waals surface area contributed by atoms with Gasteiger partial charge >= 0.3 is 0 Å². The average Bonchev–Trinajstić information content (AvgIpc) is 2.85. The first kappa shape index (κ1) is 12.6. The minimum absolute atomic E-state index is 0.0660. The van der Waals surface area contributed by atoms with E-state index in [0.717, 1.165) is 25.9 Å². The van der Waals surface area contributed by atoms with Crippen molar-refractivity contribution in [2.75, 3.05) is 13.2 Å². The molecule has 1 aromatic rings. The van der Waals surface area contributed by atoms with Gasteiger partial charge in [0.15, 0.2) is 0 Å². The zero-order valence-electron chi connectivity index (χ0n) is 10.1. The third kappa shape index (κ3) is 3.28. The molecule has 94 valence electrons. The predicted molar refractivity (Wildman–Crippen MR) is 67.7 cm³/mol. The SMILES string of the molecule is NCC(O)C1OCCC1CCc1ccccc1. The Morgan fingerprint density at radius 2 is 2.12 bits per heavy atom. The van der Waals surface area contributed by atoms with Crippen molar-refractivity contribution < 1.29 is 9.84 Å². The molecule has 0 bridgehead atoms. The van der Waals surface area contributed by atoms with E-state index in [1.807, 2.05) is 6.07 Å². The van der Waals surface area contributed by atoms with Crippen molar-refractivity contribution in [1.82, 2.24) is 0 Å². The summed E-state index contributed by atoms with van der Waals surface area (Å²) in [4.78, 5) is 0. The molecule has 0 radical (unpaired) electrons. The third-order valence-electron chi connectivity index (χ3n) is 3.53. The average molecular weight is 235 g/mol. The van der Waals surface area contributed by atoms with Crippen molar-refractivity contribution in [3.05, 3.63) is 35.9 Å². The Bertz CT molecular complexity index is 328. The smallest absolute Gasteiger partial charge is 0.0926 e. The summed E-state index contributed by atoms with van der Waals surface area (Å²) >= 11 is 0. The van der Waals surface area contributed by atoms with Crippen LogP contribution in [0.25, 0.3) is 0 Å². The Morgan fingerprint density at radius 1 is 1.35 bits per heavy atom. The molecule has 1 aromatic carbocycles. The molecule has 3 N–H and O–H groups in total. The van der Waals surface area contributed by atoms with Gasteiger partial charge in [-0.05, 0) is 30.7 Å². The van der Waals surface area contributed by atoms with E-state index in [1.165, 1.54) is 5.56 Å². The standard InChI is InChI=1S/C14H21NO2/c15-10-13(16)14-12(8-9-17-14)7-6-11-4-2-1-3-5-11/h1-5,12-14,16H,6-10,15H2. The van der Waals surface area contributed by atoms with E-state index >= 15 is 0 Å². The second-order valence-corrected chi connectivity index (χ2v) is 4.71. The Labute approximate surface area is 103 Å². The molecule has 2 rings (SSSR count). The molecular formula is C14H21NO2. The van der Waals surface area contributed by atoms with Gasteiger partial charge in [0.25, 0.3) is 0 Å². The number of aryl methyl sites for hydroxylation is 1. The van der Waals surface area contributed by atoms with Crippen LogP contribution in [-0.2, 0) is 11.2 Å². The van der Waals surface area contributed by atoms with E-state index in [1.54, 1.807) is 0 Å². The first-order valence-electron chi connectivity index (χ1n) is 6.35. The summed E-state index contributed by atoms with van der Waals surface area (Å²) in [7, 11) is 0. The monoisotopic (exact) mass is 235 g/mol. The van der Waals surface area contributed by atoms with E-state index in [9.17, 15) is 5.11 Å². The Balaban J connectivity index is 1.86. The van der Waals surface area contributed by atoms with Crippen molar-refractivity contribution in [3.8, 4) is 0 Å². The zero-order valence-corrected chi connectivity index (χ0v) is 10.1. The van der Waals surface area contributed by atoms with Crippen LogP contribution >= 0.6 is 0 Å². The number of hydrogen-bond donors (Lipinski definition) is 2. The quantitative estimate of drug-likeness (QED) is 0.810. The molecule has 3 heteroatoms. The maximum atomic E-state index is 9.78. The van der Waals surface area contributed by atoms with Gasteiger partial charge in [0.05, 0.1) is 12.2 Å². The molecular weight excluding hydrogens is 214 g/mol. The van der Waals surface area contributed by atoms with E-state index in [-0.39, 0.29) is 12.6 Å². The highest BCUT2D eigenvalue weighted by atomic mass is 16.5. The van der Waals surface area contributed by atoms with Crippen molar-refractivity contribution in [2.24, 2.45) is 11.7 Å². The molecule has 3 nitrogen and oxygen atoms in total. The first-order valence-corrected chi connectivity index (χ1v) is 6.35. The number of hydrogen-bond acceptors (Lipinski definition) is 3. The highest BCUT2D eigenvalue weighted by Gasteiger charge is 2.32. The summed E-state index contributed by atoms with van der Waals surface area (Å²) in [5, 5.41) is 9.78. The van der Waals surface area contributed by atoms with Crippen LogP contribution < -0.4 is 5.73 Å². The third-order valence-corrected chi connectivity index (χ3v) is 3.53. The van der Waals surface area contributed by atoms with E-state index in [0.29, 0.717) is 5.92 Å². The highest BCUT2D eigenvalue weighted by Crippen LogP contribution is 2.27. The molecule has 3 unspecified atom stereocenters. The lowest BCUT2D eigenvalue weighted by atomic mass is 9.91. The molecule has 17 heavy (non-hydrogen) atoms. The molecule has 1 saturated heterocycles. The number of rotatable bonds is 5. The normalized spacial score (nSPS) is 26.0. The number of nitrogens with two attached hydrogens (primary N) is 1. The summed E-state index contributed by atoms with van der Waals surface area (Å²) in [5.74, 6) is 0.439. The van der Waals surface area contributed by atoms with Gasteiger partial charge in [0, 0.05) is 13.2 Å². The molecule has 1 fully saturated rings. The van der Waals surface area contributed by atoms with Gasteiger partial charge in [0.1, 0.15) is 0 Å². The number of ether oxygens (including phenoxy) is 1. The van der Waals surface area contributed by atoms with Gasteiger partial charge in [-0.15, -0.1) is 0 Å². The maximum absolute atomic E-state index is 9.78. The molecule has 0 spiro atoms. The lowest BCUT2D eigenvalue weighted by Crippen LogP contribution is -2.37. The Morgan fingerprint density at radius 3 is 2.82 bits per heavy atom. The molecule has 0 saturated carbocycles. The fourth-order valence-electron chi connectivity index (χ4n) is 2.52. The molecule has 1 aliphatic heterocycles. The van der Waals surface area contributed by atoms with Crippen LogP contribution in [0.2, 0.25) is 0 Å². The van der Waals surface area contributed by atoms with Crippen molar-refractivity contribution in [3.63, 3.8) is 0 Å². The van der Waals surface area contributed by atoms with Crippen molar-refractivity contribution >= 4 is 0 Å². The fraction of sp³-hybridized carbons (Fsp3) is 0.571. The van der Waals surface area contributed by atoms with Crippen LogP contribution in [0.15, 0.2) is 30.3 Å². The van der Waals surface area contributed by atoms with Crippen molar-refractivity contribution in [1.29, 1.82) is 0 Å². The van der Waals surface area contributed by atoms with Gasteiger partial charge in [-0.1, -0.05) is 30.3 Å². The fourth-order valence-corrected chi connectivity index (χ4v) is 2.52. The lowest BCUT2D eigenvalue weighted by molar-refractivity contribution is -0.0155. The second kappa shape index (κ2) is 6.15. The molecule has 0 amide bonds. The summed E-state index contributed by atoms with van der Waals surface area (Å²) in [6.45, 7) is 1.04. The minimum atomic E-state index is -0.515. The van der Waals surface area contributed by atoms with Gasteiger partial charge in [0.2, 0.25) is 0 Å². The predicted octanol–water partition coefficient (Wildman–Crippen LogP) is 1.34. The van der Waals surface area contributed by atoms with Crippen LogP contribution in [-0.4, -0.2) is 30.5 Å². The molecule has 0 aromatic heterocycles. The van der Waals surface area contributed by atoms with Crippen LogP contribution in [0.1, 0.15) is 18.4 Å². The Hall–Kier alpha value is -0.900. The van der Waals surface area contributed by atoms with E-state index < -0.39 is 6.10 Å². The second-order valence-electron chi connectivity index (χ2n) is 4.71. The number of aliphatic hydroxyl groups is 1. The first-order chi connectivity index (χ1) is 8.31. The van der Waals surface area contributed by atoms with Gasteiger partial charge in [-0.25, -0.2) is 0 Å². The Kier molecular flexibility index (Phi) is 4.54. The largest absolute Gasteiger partial charge is 0.389 e. The molecule has 0 aliphatic carbocycles. The lowest BCUT2D eigenvalue weighted by Gasteiger charge is -2.22. The highest BCUT2D eigenvalue weighted by molar-refractivity contribution is 5.14. The summed E-state index contributed by atoms with van der Waals surface area (Å²) in [6, 6.07) is 10.4. The van der Waals surface area contributed by atoms with Crippen LogP contribution in [0, 0.1) is 5.92 Å². The number of benzene rings is 1. The topological polar surface area (TPSA) is 55.5 Å². The molecule has 1 heterocycles. The van der Waals surface area contributed by atoms with E-state index in [2.05, 4.69) is 24.3 Å².